The Balaban J connectivity index is 1.51. The van der Waals surface area contributed by atoms with Gasteiger partial charge in [0.05, 0.1) is 18.8 Å². The van der Waals surface area contributed by atoms with Crippen LogP contribution in [0.3, 0.4) is 0 Å². The summed E-state index contributed by atoms with van der Waals surface area (Å²) in [5.74, 6) is 6.93. The zero-order valence-corrected chi connectivity index (χ0v) is 21.4. The molecular formula is C29H43FO5. The topological polar surface area (TPSA) is 57.2 Å². The molecule has 5 nitrogen and oxygen atoms in total. The van der Waals surface area contributed by atoms with Gasteiger partial charge in [-0.1, -0.05) is 19.1 Å². The molecule has 0 aromatic heterocycles. The van der Waals surface area contributed by atoms with Crippen molar-refractivity contribution in [3.8, 4) is 11.8 Å². The highest BCUT2D eigenvalue weighted by Crippen LogP contribution is 2.52. The van der Waals surface area contributed by atoms with Crippen LogP contribution in [0.2, 0.25) is 0 Å². The van der Waals surface area contributed by atoms with Crippen molar-refractivity contribution in [3.05, 3.63) is 23.6 Å². The van der Waals surface area contributed by atoms with Crippen LogP contribution in [0.15, 0.2) is 23.6 Å². The van der Waals surface area contributed by atoms with E-state index in [1.165, 1.54) is 0 Å². The average molecular weight is 491 g/mol. The van der Waals surface area contributed by atoms with Crippen LogP contribution in [0.4, 0.5) is 4.39 Å². The van der Waals surface area contributed by atoms with Gasteiger partial charge in [0, 0.05) is 25.6 Å². The Morgan fingerprint density at radius 2 is 1.89 bits per heavy atom. The van der Waals surface area contributed by atoms with Crippen molar-refractivity contribution in [1.82, 2.24) is 0 Å². The molecule has 2 heterocycles. The van der Waals surface area contributed by atoms with Crippen LogP contribution < -0.4 is 0 Å². The lowest BCUT2D eigenvalue weighted by Gasteiger charge is -2.31. The van der Waals surface area contributed by atoms with Gasteiger partial charge in [-0.25, -0.2) is 4.39 Å². The molecule has 4 aliphatic rings. The quantitative estimate of drug-likeness (QED) is 0.333. The maximum Gasteiger partial charge on any atom is 0.158 e. The lowest BCUT2D eigenvalue weighted by molar-refractivity contribution is -0.193. The number of hydrogen-bond donors (Lipinski definition) is 1. The third kappa shape index (κ3) is 7.17. The molecule has 35 heavy (non-hydrogen) atoms. The zero-order chi connectivity index (χ0) is 24.6. The molecule has 2 unspecified atom stereocenters. The van der Waals surface area contributed by atoms with Crippen molar-refractivity contribution >= 4 is 0 Å². The van der Waals surface area contributed by atoms with E-state index in [0.717, 1.165) is 70.2 Å². The van der Waals surface area contributed by atoms with E-state index in [-0.39, 0.29) is 42.5 Å². The molecule has 2 aliphatic heterocycles. The number of fused-ring (bicyclic) bond motifs is 1. The molecule has 2 saturated heterocycles. The molecule has 196 valence electrons. The molecule has 2 saturated carbocycles. The fraction of sp³-hybridized carbons (Fsp3) is 0.793. The number of allylic oxidation sites excluding steroid dienone is 1. The van der Waals surface area contributed by atoms with Crippen molar-refractivity contribution < 1.29 is 28.4 Å². The van der Waals surface area contributed by atoms with Gasteiger partial charge >= 0.3 is 0 Å². The van der Waals surface area contributed by atoms with E-state index in [1.807, 2.05) is 6.92 Å². The van der Waals surface area contributed by atoms with E-state index in [4.69, 9.17) is 18.9 Å². The number of aliphatic hydroxyl groups is 1. The third-order valence-electron chi connectivity index (χ3n) is 8.17. The maximum atomic E-state index is 14.3. The molecule has 8 atom stereocenters. The molecule has 0 aromatic rings. The molecule has 4 fully saturated rings. The van der Waals surface area contributed by atoms with Gasteiger partial charge in [0.15, 0.2) is 12.6 Å². The predicted octanol–water partition coefficient (Wildman–Crippen LogP) is 5.68. The minimum Gasteiger partial charge on any atom is -0.389 e. The van der Waals surface area contributed by atoms with Crippen molar-refractivity contribution in [2.45, 2.75) is 103 Å². The van der Waals surface area contributed by atoms with Gasteiger partial charge in [-0.15, -0.1) is 11.8 Å². The smallest absolute Gasteiger partial charge is 0.158 e. The second-order valence-electron chi connectivity index (χ2n) is 10.7. The van der Waals surface area contributed by atoms with E-state index in [0.29, 0.717) is 24.7 Å². The Kier molecular flexibility index (Phi) is 10.2. The lowest BCUT2D eigenvalue weighted by atomic mass is 9.89. The highest BCUT2D eigenvalue weighted by molar-refractivity contribution is 5.21. The number of ether oxygens (including phenoxy) is 4. The summed E-state index contributed by atoms with van der Waals surface area (Å²) in [7, 11) is 0. The van der Waals surface area contributed by atoms with Gasteiger partial charge in [0.25, 0.3) is 0 Å². The normalized spacial score (nSPS) is 36.5. The van der Waals surface area contributed by atoms with E-state index >= 15 is 0 Å². The third-order valence-corrected chi connectivity index (χ3v) is 8.17. The lowest BCUT2D eigenvalue weighted by Crippen LogP contribution is -2.32. The first-order chi connectivity index (χ1) is 17.1. The number of hydrogen-bond acceptors (Lipinski definition) is 5. The Hall–Kier alpha value is -1.23. The highest BCUT2D eigenvalue weighted by atomic mass is 19.1. The van der Waals surface area contributed by atoms with Crippen LogP contribution in [-0.4, -0.2) is 49.7 Å². The second-order valence-corrected chi connectivity index (χ2v) is 10.7. The summed E-state index contributed by atoms with van der Waals surface area (Å²) in [6.07, 6.45) is 13.4. The van der Waals surface area contributed by atoms with Gasteiger partial charge < -0.3 is 24.1 Å². The van der Waals surface area contributed by atoms with Gasteiger partial charge in [-0.05, 0) is 88.0 Å². The summed E-state index contributed by atoms with van der Waals surface area (Å²) in [6, 6.07) is 0. The molecule has 0 amide bonds. The fourth-order valence-electron chi connectivity index (χ4n) is 6.18. The molecule has 0 aromatic carbocycles. The van der Waals surface area contributed by atoms with Crippen LogP contribution in [0.5, 0.6) is 0 Å². The summed E-state index contributed by atoms with van der Waals surface area (Å²) in [4.78, 5) is 0. The summed E-state index contributed by atoms with van der Waals surface area (Å²) >= 11 is 0. The molecule has 1 N–H and O–H groups in total. The van der Waals surface area contributed by atoms with Crippen molar-refractivity contribution in [3.63, 3.8) is 0 Å². The van der Waals surface area contributed by atoms with E-state index in [9.17, 15) is 9.50 Å². The van der Waals surface area contributed by atoms with Gasteiger partial charge in [-0.2, -0.15) is 0 Å². The Labute approximate surface area is 210 Å². The number of aliphatic hydroxyl groups excluding tert-OH is 1. The molecule has 0 radical (unpaired) electrons. The van der Waals surface area contributed by atoms with Crippen molar-refractivity contribution in [1.29, 1.82) is 0 Å². The number of rotatable bonds is 9. The molecular weight excluding hydrogens is 447 g/mol. The Bertz CT molecular complexity index is 787. The number of halogens is 1. The van der Waals surface area contributed by atoms with Crippen LogP contribution in [-0.2, 0) is 18.9 Å². The summed E-state index contributed by atoms with van der Waals surface area (Å²) in [6.45, 7) is 5.05. The van der Waals surface area contributed by atoms with Crippen LogP contribution >= 0.6 is 0 Å². The Morgan fingerprint density at radius 3 is 2.54 bits per heavy atom. The molecule has 2 aliphatic carbocycles. The minimum atomic E-state index is -0.502. The zero-order valence-electron chi connectivity index (χ0n) is 21.4. The summed E-state index contributed by atoms with van der Waals surface area (Å²) in [5.41, 5.74) is 0.781. The van der Waals surface area contributed by atoms with Crippen LogP contribution in [0.25, 0.3) is 0 Å². The maximum absolute atomic E-state index is 14.3. The van der Waals surface area contributed by atoms with Gasteiger partial charge in [0.1, 0.15) is 5.83 Å². The Morgan fingerprint density at radius 1 is 1.14 bits per heavy atom. The first kappa shape index (κ1) is 26.8. The average Bonchev–Trinajstić information content (AvgIpc) is 3.44. The van der Waals surface area contributed by atoms with Gasteiger partial charge in [0.2, 0.25) is 0 Å². The molecule has 0 spiro atoms. The minimum absolute atomic E-state index is 0.0559. The van der Waals surface area contributed by atoms with E-state index < -0.39 is 6.61 Å². The van der Waals surface area contributed by atoms with Gasteiger partial charge in [-0.3, -0.25) is 0 Å². The van der Waals surface area contributed by atoms with E-state index in [1.54, 1.807) is 0 Å². The first-order valence-corrected chi connectivity index (χ1v) is 13.7. The monoisotopic (exact) mass is 490 g/mol. The van der Waals surface area contributed by atoms with Crippen molar-refractivity contribution in [2.75, 3.05) is 19.8 Å². The molecule has 0 bridgehead atoms. The summed E-state index contributed by atoms with van der Waals surface area (Å²) < 4.78 is 39.0. The standard InChI is InChI=1S/C29H43FO5/c1-3-4-9-20(2)26(34-28-10-5-7-14-32-28)13-12-23-24-17-22(25(30)19-31)16-21(24)18-27(23)35-29-11-6-8-15-33-29/h12-13,20-21,23-24,26-29,31H,5-11,14-19H2,1-2H3/b13-12+,25-22?/t20-,21-,23+,24-,26+,27+,28?,29?/m0/s1. The highest BCUT2D eigenvalue weighted by Gasteiger charge is 2.48. The first-order valence-electron chi connectivity index (χ1n) is 13.7. The van der Waals surface area contributed by atoms with Crippen molar-refractivity contribution in [2.24, 2.45) is 23.7 Å². The SMILES string of the molecule is CC#CC[C@H](C)[C@@H](/C=C/[C@@H]1[C@H]2CC(=C(F)CO)C[C@H]2C[C@H]1OC1CCCCO1)OC1CCCCO1. The predicted molar refractivity (Wildman–Crippen MR) is 133 cm³/mol. The fourth-order valence-corrected chi connectivity index (χ4v) is 6.18. The molecule has 4 rings (SSSR count). The van der Waals surface area contributed by atoms with E-state index in [2.05, 4.69) is 30.9 Å². The van der Waals surface area contributed by atoms with Crippen LogP contribution in [0.1, 0.15) is 78.1 Å². The largest absolute Gasteiger partial charge is 0.389 e. The summed E-state index contributed by atoms with van der Waals surface area (Å²) in [5, 5.41) is 9.33. The second kappa shape index (κ2) is 13.4. The van der Waals surface area contributed by atoms with Crippen LogP contribution in [0, 0.1) is 35.5 Å². The molecule has 6 heteroatoms.